The first-order valence-corrected chi connectivity index (χ1v) is 12.6. The highest BCUT2D eigenvalue weighted by molar-refractivity contribution is 7.99. The van der Waals surface area contributed by atoms with E-state index < -0.39 is 10.0 Å². The molecule has 8 nitrogen and oxygen atoms in total. The van der Waals surface area contributed by atoms with E-state index in [0.29, 0.717) is 18.7 Å². The molecule has 2 aromatic carbocycles. The van der Waals surface area contributed by atoms with Crippen LogP contribution in [0.2, 0.25) is 0 Å². The van der Waals surface area contributed by atoms with E-state index >= 15 is 0 Å². The number of hydrogen-bond acceptors (Lipinski definition) is 7. The van der Waals surface area contributed by atoms with Crippen molar-refractivity contribution >= 4 is 33.4 Å². The molecule has 1 amide bonds. The average Bonchev–Trinajstić information content (AvgIpc) is 3.25. The Balaban J connectivity index is 1.68. The highest BCUT2D eigenvalue weighted by Crippen LogP contribution is 2.26. The Morgan fingerprint density at radius 3 is 2.53 bits per heavy atom. The summed E-state index contributed by atoms with van der Waals surface area (Å²) in [5.41, 5.74) is 3.39. The first-order chi connectivity index (χ1) is 15.3. The van der Waals surface area contributed by atoms with Gasteiger partial charge in [0.25, 0.3) is 5.22 Å². The Morgan fingerprint density at radius 1 is 1.09 bits per heavy atom. The summed E-state index contributed by atoms with van der Waals surface area (Å²) in [6, 6.07) is 12.1. The lowest BCUT2D eigenvalue weighted by Gasteiger charge is -2.18. The van der Waals surface area contributed by atoms with Gasteiger partial charge in [-0.3, -0.25) is 4.79 Å². The minimum Gasteiger partial charge on any atom is -0.411 e. The zero-order chi connectivity index (χ0) is 23.3. The van der Waals surface area contributed by atoms with Crippen molar-refractivity contribution in [2.75, 3.05) is 24.2 Å². The highest BCUT2D eigenvalue weighted by atomic mass is 32.2. The van der Waals surface area contributed by atoms with Gasteiger partial charge in [-0.2, -0.15) is 4.31 Å². The molecule has 0 fully saturated rings. The number of anilines is 1. The summed E-state index contributed by atoms with van der Waals surface area (Å²) < 4.78 is 32.6. The van der Waals surface area contributed by atoms with Crippen LogP contribution in [-0.2, 0) is 14.8 Å². The number of benzene rings is 2. The third-order valence-corrected chi connectivity index (χ3v) is 7.90. The second-order valence-electron chi connectivity index (χ2n) is 7.07. The van der Waals surface area contributed by atoms with Crippen molar-refractivity contribution in [1.29, 1.82) is 0 Å². The number of aryl methyl sites for hydroxylation is 1. The molecule has 32 heavy (non-hydrogen) atoms. The molecule has 0 aliphatic heterocycles. The lowest BCUT2D eigenvalue weighted by atomic mass is 10.1. The maximum absolute atomic E-state index is 12.8. The van der Waals surface area contributed by atoms with Crippen molar-refractivity contribution in [1.82, 2.24) is 14.5 Å². The maximum atomic E-state index is 12.8. The normalized spacial score (nSPS) is 11.7. The second kappa shape index (κ2) is 10.3. The Kier molecular flexibility index (Phi) is 7.70. The number of nitrogens with zero attached hydrogens (tertiary/aromatic N) is 3. The molecule has 1 N–H and O–H groups in total. The van der Waals surface area contributed by atoms with Crippen LogP contribution in [0, 0.1) is 13.8 Å². The van der Waals surface area contributed by atoms with Crippen LogP contribution in [0.4, 0.5) is 5.69 Å². The van der Waals surface area contributed by atoms with Crippen LogP contribution in [0.3, 0.4) is 0 Å². The van der Waals surface area contributed by atoms with Gasteiger partial charge in [-0.05, 0) is 49.2 Å². The zero-order valence-corrected chi connectivity index (χ0v) is 20.1. The van der Waals surface area contributed by atoms with Crippen LogP contribution in [0.1, 0.15) is 25.0 Å². The number of aromatic nitrogens is 2. The molecule has 10 heteroatoms. The minimum absolute atomic E-state index is 0.103. The minimum atomic E-state index is -3.60. The molecular formula is C22H26N4O4S2. The molecule has 1 aromatic heterocycles. The van der Waals surface area contributed by atoms with Crippen LogP contribution < -0.4 is 5.32 Å². The molecule has 0 aliphatic rings. The van der Waals surface area contributed by atoms with Gasteiger partial charge in [0.15, 0.2) is 0 Å². The standard InChI is InChI=1S/C22H26N4O4S2/c1-5-26(6-2)32(28,29)18-11-8-10-17(13-18)21-24-25-22(30-21)31-14-20(27)23-19-12-7-9-15(3)16(19)4/h7-13H,5-6,14H2,1-4H3,(H,23,27). The van der Waals surface area contributed by atoms with Gasteiger partial charge in [0.1, 0.15) is 0 Å². The Morgan fingerprint density at radius 2 is 1.81 bits per heavy atom. The van der Waals surface area contributed by atoms with E-state index in [0.717, 1.165) is 28.6 Å². The van der Waals surface area contributed by atoms with Gasteiger partial charge in [0.2, 0.25) is 21.8 Å². The van der Waals surface area contributed by atoms with Gasteiger partial charge < -0.3 is 9.73 Å². The molecule has 0 radical (unpaired) electrons. The fourth-order valence-electron chi connectivity index (χ4n) is 3.09. The number of nitrogens with one attached hydrogen (secondary N) is 1. The molecule has 0 spiro atoms. The van der Waals surface area contributed by atoms with E-state index in [1.165, 1.54) is 10.4 Å². The quantitative estimate of drug-likeness (QED) is 0.465. The van der Waals surface area contributed by atoms with Crippen molar-refractivity contribution in [3.05, 3.63) is 53.6 Å². The molecule has 0 aliphatic carbocycles. The van der Waals surface area contributed by atoms with Gasteiger partial charge in [-0.1, -0.05) is 43.8 Å². The summed E-state index contributed by atoms with van der Waals surface area (Å²) in [5.74, 6) is 0.112. The molecular weight excluding hydrogens is 448 g/mol. The number of carbonyl (C=O) groups is 1. The van der Waals surface area contributed by atoms with Crippen molar-refractivity contribution in [3.8, 4) is 11.5 Å². The van der Waals surface area contributed by atoms with Gasteiger partial charge >= 0.3 is 0 Å². The third-order valence-electron chi connectivity index (χ3n) is 5.04. The molecule has 3 rings (SSSR count). The van der Waals surface area contributed by atoms with Crippen LogP contribution in [-0.4, -0.2) is 47.7 Å². The van der Waals surface area contributed by atoms with Crippen molar-refractivity contribution in [3.63, 3.8) is 0 Å². The highest BCUT2D eigenvalue weighted by Gasteiger charge is 2.22. The number of rotatable bonds is 9. The number of hydrogen-bond donors (Lipinski definition) is 1. The predicted octanol–water partition coefficient (Wildman–Crippen LogP) is 4.11. The summed E-state index contributed by atoms with van der Waals surface area (Å²) in [7, 11) is -3.60. The molecule has 0 bridgehead atoms. The van der Waals surface area contributed by atoms with E-state index in [1.807, 2.05) is 32.0 Å². The number of carbonyl (C=O) groups excluding carboxylic acids is 1. The fraction of sp³-hybridized carbons (Fsp3) is 0.318. The largest absolute Gasteiger partial charge is 0.411 e. The van der Waals surface area contributed by atoms with E-state index in [4.69, 9.17) is 4.42 Å². The summed E-state index contributed by atoms with van der Waals surface area (Å²) in [4.78, 5) is 12.5. The fourth-order valence-corrected chi connectivity index (χ4v) is 5.15. The Bertz CT molecular complexity index is 1200. The second-order valence-corrected chi connectivity index (χ2v) is 9.94. The topological polar surface area (TPSA) is 105 Å². The van der Waals surface area contributed by atoms with Gasteiger partial charge in [-0.25, -0.2) is 8.42 Å². The van der Waals surface area contributed by atoms with Gasteiger partial charge in [-0.15, -0.1) is 10.2 Å². The summed E-state index contributed by atoms with van der Waals surface area (Å²) >= 11 is 1.12. The monoisotopic (exact) mass is 474 g/mol. The van der Waals surface area contributed by atoms with Crippen LogP contribution in [0.5, 0.6) is 0 Å². The van der Waals surface area contributed by atoms with Crippen molar-refractivity contribution < 1.29 is 17.6 Å². The smallest absolute Gasteiger partial charge is 0.277 e. The van der Waals surface area contributed by atoms with E-state index in [-0.39, 0.29) is 27.7 Å². The molecule has 0 saturated heterocycles. The average molecular weight is 475 g/mol. The summed E-state index contributed by atoms with van der Waals surface area (Å²) in [6.07, 6.45) is 0. The first kappa shape index (κ1) is 24.0. The lowest BCUT2D eigenvalue weighted by molar-refractivity contribution is -0.113. The van der Waals surface area contributed by atoms with Crippen LogP contribution in [0.25, 0.3) is 11.5 Å². The SMILES string of the molecule is CCN(CC)S(=O)(=O)c1cccc(-c2nnc(SCC(=O)Nc3cccc(C)c3C)o2)c1. The number of sulfonamides is 1. The van der Waals surface area contributed by atoms with Crippen LogP contribution >= 0.6 is 11.8 Å². The lowest BCUT2D eigenvalue weighted by Crippen LogP contribution is -2.30. The maximum Gasteiger partial charge on any atom is 0.277 e. The predicted molar refractivity (Wildman–Crippen MR) is 125 cm³/mol. The first-order valence-electron chi connectivity index (χ1n) is 10.2. The Labute approximate surface area is 192 Å². The third kappa shape index (κ3) is 5.37. The van der Waals surface area contributed by atoms with Crippen LogP contribution in [0.15, 0.2) is 57.0 Å². The molecule has 1 heterocycles. The van der Waals surface area contributed by atoms with Crippen molar-refractivity contribution in [2.45, 2.75) is 37.8 Å². The molecule has 170 valence electrons. The summed E-state index contributed by atoms with van der Waals surface area (Å²) in [5, 5.41) is 11.1. The van der Waals surface area contributed by atoms with Gasteiger partial charge in [0, 0.05) is 24.3 Å². The summed E-state index contributed by atoms with van der Waals surface area (Å²) in [6.45, 7) is 8.30. The molecule has 0 atom stereocenters. The number of amides is 1. The molecule has 0 unspecified atom stereocenters. The van der Waals surface area contributed by atoms with E-state index in [2.05, 4.69) is 15.5 Å². The molecule has 0 saturated carbocycles. The number of thioether (sulfide) groups is 1. The van der Waals surface area contributed by atoms with E-state index in [1.54, 1.807) is 32.0 Å². The zero-order valence-electron chi connectivity index (χ0n) is 18.5. The van der Waals surface area contributed by atoms with Crippen molar-refractivity contribution in [2.24, 2.45) is 0 Å². The Hall–Kier alpha value is -2.69. The van der Waals surface area contributed by atoms with Gasteiger partial charge in [0.05, 0.1) is 10.6 Å². The molecule has 3 aromatic rings. The van der Waals surface area contributed by atoms with E-state index in [9.17, 15) is 13.2 Å².